The lowest BCUT2D eigenvalue weighted by Gasteiger charge is -2.35. The number of carbonyl (C=O) groups excluding carboxylic acids is 2. The summed E-state index contributed by atoms with van der Waals surface area (Å²) < 4.78 is 5.17. The number of thiophene rings is 1. The molecule has 2 aliphatic rings. The van der Waals surface area contributed by atoms with Crippen LogP contribution in [0.15, 0.2) is 17.5 Å². The van der Waals surface area contributed by atoms with Crippen LogP contribution in [0.5, 0.6) is 0 Å². The van der Waals surface area contributed by atoms with Gasteiger partial charge < -0.3 is 9.64 Å². The number of nitrogens with zero attached hydrogens (tertiary/aromatic N) is 2. The van der Waals surface area contributed by atoms with Gasteiger partial charge in [-0.15, -0.1) is 11.3 Å². The third-order valence-corrected chi connectivity index (χ3v) is 5.58. The van der Waals surface area contributed by atoms with E-state index in [4.69, 9.17) is 4.74 Å². The van der Waals surface area contributed by atoms with Gasteiger partial charge >= 0.3 is 5.97 Å². The highest BCUT2D eigenvalue weighted by atomic mass is 32.1. The van der Waals surface area contributed by atoms with Crippen molar-refractivity contribution >= 4 is 23.2 Å². The maximum Gasteiger partial charge on any atom is 0.328 e. The van der Waals surface area contributed by atoms with Gasteiger partial charge in [0, 0.05) is 24.0 Å². The van der Waals surface area contributed by atoms with E-state index in [1.807, 2.05) is 13.0 Å². The summed E-state index contributed by atoms with van der Waals surface area (Å²) in [4.78, 5) is 30.4. The Bertz CT molecular complexity index is 557. The van der Waals surface area contributed by atoms with Crippen LogP contribution in [-0.4, -0.2) is 53.5 Å². The van der Waals surface area contributed by atoms with Gasteiger partial charge in [-0.3, -0.25) is 9.69 Å². The van der Waals surface area contributed by atoms with E-state index in [2.05, 4.69) is 16.3 Å². The first-order chi connectivity index (χ1) is 11.7. The number of hydrogen-bond donors (Lipinski definition) is 0. The highest BCUT2D eigenvalue weighted by Gasteiger charge is 2.36. The largest absolute Gasteiger partial charge is 0.464 e. The Hall–Kier alpha value is -1.40. The summed E-state index contributed by atoms with van der Waals surface area (Å²) in [6.45, 7) is 4.07. The first-order valence-corrected chi connectivity index (χ1v) is 9.79. The van der Waals surface area contributed by atoms with E-state index in [-0.39, 0.29) is 11.9 Å². The van der Waals surface area contributed by atoms with Crippen LogP contribution in [0.1, 0.15) is 43.9 Å². The van der Waals surface area contributed by atoms with Crippen LogP contribution in [0.25, 0.3) is 0 Å². The van der Waals surface area contributed by atoms with Gasteiger partial charge in [0.1, 0.15) is 6.04 Å². The van der Waals surface area contributed by atoms with E-state index in [0.717, 1.165) is 25.8 Å². The van der Waals surface area contributed by atoms with Crippen molar-refractivity contribution in [2.24, 2.45) is 0 Å². The second-order valence-electron chi connectivity index (χ2n) is 6.57. The molecule has 24 heavy (non-hydrogen) atoms. The second-order valence-corrected chi connectivity index (χ2v) is 7.60. The summed E-state index contributed by atoms with van der Waals surface area (Å²) in [6, 6.07) is 4.29. The van der Waals surface area contributed by atoms with E-state index >= 15 is 0 Å². The number of hydrogen-bond acceptors (Lipinski definition) is 5. The Labute approximate surface area is 147 Å². The molecule has 0 spiro atoms. The van der Waals surface area contributed by atoms with Crippen LogP contribution in [0.3, 0.4) is 0 Å². The Balaban J connectivity index is 1.63. The molecule has 5 nitrogen and oxygen atoms in total. The first-order valence-electron chi connectivity index (χ1n) is 8.91. The fraction of sp³-hybridized carbons (Fsp3) is 0.667. The number of piperidine rings is 1. The Morgan fingerprint density at radius 3 is 2.83 bits per heavy atom. The molecule has 0 radical (unpaired) electrons. The fourth-order valence-electron chi connectivity index (χ4n) is 3.33. The Morgan fingerprint density at radius 2 is 2.17 bits per heavy atom. The quantitative estimate of drug-likeness (QED) is 0.710. The highest BCUT2D eigenvalue weighted by Crippen LogP contribution is 2.29. The molecular weight excluding hydrogens is 324 g/mol. The Morgan fingerprint density at radius 1 is 1.33 bits per heavy atom. The van der Waals surface area contributed by atoms with Crippen molar-refractivity contribution in [3.05, 3.63) is 22.4 Å². The van der Waals surface area contributed by atoms with Crippen LogP contribution in [-0.2, 0) is 20.9 Å². The number of ether oxygens (including phenoxy) is 1. The molecule has 1 unspecified atom stereocenters. The topological polar surface area (TPSA) is 49.9 Å². The van der Waals surface area contributed by atoms with E-state index in [1.54, 1.807) is 16.2 Å². The monoisotopic (exact) mass is 350 g/mol. The van der Waals surface area contributed by atoms with Crippen LogP contribution in [0.2, 0.25) is 0 Å². The molecule has 1 saturated carbocycles. The van der Waals surface area contributed by atoms with Crippen molar-refractivity contribution in [1.82, 2.24) is 9.80 Å². The molecular formula is C18H26N2O3S. The van der Waals surface area contributed by atoms with Gasteiger partial charge in [-0.05, 0) is 50.5 Å². The van der Waals surface area contributed by atoms with Gasteiger partial charge in [0.2, 0.25) is 5.91 Å². The smallest absolute Gasteiger partial charge is 0.328 e. The van der Waals surface area contributed by atoms with E-state index in [1.165, 1.54) is 17.7 Å². The van der Waals surface area contributed by atoms with Crippen LogP contribution >= 0.6 is 11.3 Å². The van der Waals surface area contributed by atoms with Gasteiger partial charge in [-0.1, -0.05) is 6.07 Å². The van der Waals surface area contributed by atoms with Gasteiger partial charge in [-0.25, -0.2) is 4.79 Å². The summed E-state index contributed by atoms with van der Waals surface area (Å²) >= 11 is 1.73. The SMILES string of the molecule is CCOC(=O)C1CCCCN1C(=O)CN(Cc1cccs1)C1CC1. The maximum atomic E-state index is 12.9. The molecule has 1 atom stereocenters. The molecule has 0 aromatic carbocycles. The number of carbonyl (C=O) groups is 2. The molecule has 1 aromatic rings. The normalized spacial score (nSPS) is 21.1. The minimum atomic E-state index is -0.394. The lowest BCUT2D eigenvalue weighted by atomic mass is 10.0. The van der Waals surface area contributed by atoms with Crippen LogP contribution < -0.4 is 0 Å². The first kappa shape index (κ1) is 17.4. The van der Waals surface area contributed by atoms with E-state index in [9.17, 15) is 9.59 Å². The van der Waals surface area contributed by atoms with Gasteiger partial charge in [-0.2, -0.15) is 0 Å². The minimum absolute atomic E-state index is 0.0659. The zero-order valence-electron chi connectivity index (χ0n) is 14.3. The molecule has 2 fully saturated rings. The zero-order chi connectivity index (χ0) is 16.9. The predicted molar refractivity (Wildman–Crippen MR) is 93.7 cm³/mol. The third-order valence-electron chi connectivity index (χ3n) is 4.72. The standard InChI is InChI=1S/C18H26N2O3S/c1-2-23-18(22)16-7-3-4-10-20(16)17(21)13-19(14-8-9-14)12-15-6-5-11-24-15/h5-6,11,14,16H,2-4,7-10,12-13H2,1H3. The Kier molecular flexibility index (Phi) is 5.89. The lowest BCUT2D eigenvalue weighted by Crippen LogP contribution is -2.51. The lowest BCUT2D eigenvalue weighted by molar-refractivity contribution is -0.157. The zero-order valence-corrected chi connectivity index (χ0v) is 15.1. The molecule has 3 rings (SSSR count). The van der Waals surface area contributed by atoms with E-state index in [0.29, 0.717) is 25.7 Å². The predicted octanol–water partition coefficient (Wildman–Crippen LogP) is 2.66. The number of esters is 1. The van der Waals surface area contributed by atoms with Gasteiger partial charge in [0.25, 0.3) is 0 Å². The second kappa shape index (κ2) is 8.12. The highest BCUT2D eigenvalue weighted by molar-refractivity contribution is 7.09. The summed E-state index contributed by atoms with van der Waals surface area (Å²) in [5.74, 6) is -0.182. The summed E-state index contributed by atoms with van der Waals surface area (Å²) in [6.07, 6.45) is 5.00. The molecule has 0 N–H and O–H groups in total. The van der Waals surface area contributed by atoms with Crippen molar-refractivity contribution in [2.75, 3.05) is 19.7 Å². The summed E-state index contributed by atoms with van der Waals surface area (Å²) in [7, 11) is 0. The fourth-order valence-corrected chi connectivity index (χ4v) is 4.06. The van der Waals surface area contributed by atoms with E-state index < -0.39 is 6.04 Å². The average molecular weight is 350 g/mol. The average Bonchev–Trinajstić information content (AvgIpc) is 3.32. The summed E-state index contributed by atoms with van der Waals surface area (Å²) in [5.41, 5.74) is 0. The van der Waals surface area contributed by atoms with Crippen molar-refractivity contribution in [1.29, 1.82) is 0 Å². The molecule has 1 aromatic heterocycles. The van der Waals surface area contributed by atoms with Crippen LogP contribution in [0.4, 0.5) is 0 Å². The molecule has 0 bridgehead atoms. The third kappa shape index (κ3) is 4.36. The van der Waals surface area contributed by atoms with Crippen molar-refractivity contribution in [2.45, 2.75) is 57.7 Å². The van der Waals surface area contributed by atoms with Crippen molar-refractivity contribution < 1.29 is 14.3 Å². The molecule has 132 valence electrons. The molecule has 2 heterocycles. The van der Waals surface area contributed by atoms with Crippen LogP contribution in [0, 0.1) is 0 Å². The number of amides is 1. The number of rotatable bonds is 7. The molecule has 6 heteroatoms. The molecule has 1 aliphatic heterocycles. The molecule has 1 amide bonds. The van der Waals surface area contributed by atoms with Crippen molar-refractivity contribution in [3.63, 3.8) is 0 Å². The van der Waals surface area contributed by atoms with Crippen molar-refractivity contribution in [3.8, 4) is 0 Å². The summed E-state index contributed by atoms with van der Waals surface area (Å²) in [5, 5.41) is 2.07. The minimum Gasteiger partial charge on any atom is -0.464 e. The number of likely N-dealkylation sites (tertiary alicyclic amines) is 1. The van der Waals surface area contributed by atoms with Gasteiger partial charge in [0.05, 0.1) is 13.2 Å². The maximum absolute atomic E-state index is 12.9. The van der Waals surface area contributed by atoms with Gasteiger partial charge in [0.15, 0.2) is 0 Å². The molecule has 1 aliphatic carbocycles. The molecule has 1 saturated heterocycles.